The van der Waals surface area contributed by atoms with Gasteiger partial charge >= 0.3 is 0 Å². The summed E-state index contributed by atoms with van der Waals surface area (Å²) in [5.41, 5.74) is 3.66. The van der Waals surface area contributed by atoms with Gasteiger partial charge < -0.3 is 4.90 Å². The third-order valence-electron chi connectivity index (χ3n) is 6.50. The Bertz CT molecular complexity index is 805. The van der Waals surface area contributed by atoms with Crippen LogP contribution in [0.3, 0.4) is 0 Å². The minimum Gasteiger partial charge on any atom is -0.361 e. The molecular weight excluding hydrogens is 387 g/mol. The van der Waals surface area contributed by atoms with Crippen LogP contribution in [0, 0.1) is 12.8 Å². The predicted molar refractivity (Wildman–Crippen MR) is 121 cm³/mol. The third kappa shape index (κ3) is 4.35. The number of halogens is 2. The van der Waals surface area contributed by atoms with Crippen LogP contribution in [0.2, 0.25) is 10.0 Å². The molecule has 0 N–H and O–H groups in total. The first-order chi connectivity index (χ1) is 13.5. The first-order valence-electron chi connectivity index (χ1n) is 10.5. The van der Waals surface area contributed by atoms with Crippen molar-refractivity contribution < 1.29 is 0 Å². The molecule has 2 aliphatic rings. The Balaban J connectivity index is 1.63. The number of aryl methyl sites for hydroxylation is 1. The van der Waals surface area contributed by atoms with E-state index in [0.717, 1.165) is 41.3 Å². The summed E-state index contributed by atoms with van der Waals surface area (Å²) in [6.45, 7) is 7.65. The van der Waals surface area contributed by atoms with Crippen LogP contribution in [0.4, 0.5) is 5.69 Å². The Morgan fingerprint density at radius 1 is 0.964 bits per heavy atom. The molecule has 2 aromatic rings. The molecule has 28 heavy (non-hydrogen) atoms. The van der Waals surface area contributed by atoms with Gasteiger partial charge in [-0.3, -0.25) is 4.90 Å². The smallest absolute Gasteiger partial charge is 0.0670 e. The molecule has 0 bridgehead atoms. The monoisotopic (exact) mass is 416 g/mol. The van der Waals surface area contributed by atoms with Crippen molar-refractivity contribution in [1.29, 1.82) is 0 Å². The molecule has 4 heteroatoms. The van der Waals surface area contributed by atoms with Crippen molar-refractivity contribution in [3.8, 4) is 0 Å². The van der Waals surface area contributed by atoms with Crippen molar-refractivity contribution in [3.63, 3.8) is 0 Å². The van der Waals surface area contributed by atoms with E-state index < -0.39 is 0 Å². The average molecular weight is 417 g/mol. The Kier molecular flexibility index (Phi) is 6.20. The molecule has 2 nitrogen and oxygen atoms in total. The summed E-state index contributed by atoms with van der Waals surface area (Å²) >= 11 is 12.8. The van der Waals surface area contributed by atoms with Crippen molar-refractivity contribution >= 4 is 28.9 Å². The van der Waals surface area contributed by atoms with Gasteiger partial charge in [0, 0.05) is 30.7 Å². The highest BCUT2D eigenvalue weighted by Crippen LogP contribution is 2.38. The Morgan fingerprint density at radius 3 is 2.46 bits per heavy atom. The van der Waals surface area contributed by atoms with Gasteiger partial charge in [-0.15, -0.1) is 0 Å². The van der Waals surface area contributed by atoms with Gasteiger partial charge in [0.2, 0.25) is 0 Å². The number of benzene rings is 2. The fourth-order valence-electron chi connectivity index (χ4n) is 4.97. The largest absolute Gasteiger partial charge is 0.361 e. The molecule has 1 heterocycles. The van der Waals surface area contributed by atoms with Gasteiger partial charge in [0.15, 0.2) is 0 Å². The zero-order valence-corrected chi connectivity index (χ0v) is 18.4. The second-order valence-corrected chi connectivity index (χ2v) is 9.48. The number of hydrogen-bond acceptors (Lipinski definition) is 2. The van der Waals surface area contributed by atoms with Crippen molar-refractivity contribution in [3.05, 3.63) is 63.6 Å². The lowest BCUT2D eigenvalue weighted by atomic mass is 9.85. The van der Waals surface area contributed by atoms with Gasteiger partial charge in [-0.2, -0.15) is 0 Å². The quantitative estimate of drug-likeness (QED) is 0.545. The summed E-state index contributed by atoms with van der Waals surface area (Å²) in [6.07, 6.45) is 5.42. The highest BCUT2D eigenvalue weighted by Gasteiger charge is 2.34. The number of piperazine rings is 1. The molecule has 2 fully saturated rings. The maximum atomic E-state index is 6.67. The van der Waals surface area contributed by atoms with Gasteiger partial charge in [0.05, 0.1) is 16.8 Å². The number of anilines is 1. The first-order valence-corrected chi connectivity index (χ1v) is 11.3. The van der Waals surface area contributed by atoms with Crippen LogP contribution >= 0.6 is 23.2 Å². The maximum absolute atomic E-state index is 6.67. The van der Waals surface area contributed by atoms with E-state index in [9.17, 15) is 0 Å². The van der Waals surface area contributed by atoms with E-state index in [2.05, 4.69) is 54.0 Å². The van der Waals surface area contributed by atoms with Crippen LogP contribution in [0.1, 0.15) is 49.8 Å². The summed E-state index contributed by atoms with van der Waals surface area (Å²) in [7, 11) is 0. The number of hydrogen-bond donors (Lipinski definition) is 0. The van der Waals surface area contributed by atoms with E-state index in [-0.39, 0.29) is 0 Å². The Hall–Kier alpha value is -1.22. The molecule has 1 saturated carbocycles. The van der Waals surface area contributed by atoms with Gasteiger partial charge in [-0.05, 0) is 61.1 Å². The molecule has 1 saturated heterocycles. The summed E-state index contributed by atoms with van der Waals surface area (Å²) < 4.78 is 0. The molecule has 3 unspecified atom stereocenters. The highest BCUT2D eigenvalue weighted by molar-refractivity contribution is 6.33. The lowest BCUT2D eigenvalue weighted by molar-refractivity contribution is 0.111. The Morgan fingerprint density at radius 2 is 1.75 bits per heavy atom. The van der Waals surface area contributed by atoms with Crippen LogP contribution in [0.15, 0.2) is 42.5 Å². The summed E-state index contributed by atoms with van der Waals surface area (Å²) in [5, 5.41) is 1.64. The fraction of sp³-hybridized carbons (Fsp3) is 0.500. The lowest BCUT2D eigenvalue weighted by Crippen LogP contribution is -2.53. The Labute approximate surface area is 179 Å². The van der Waals surface area contributed by atoms with Gasteiger partial charge in [-0.1, -0.05) is 61.2 Å². The fourth-order valence-corrected chi connectivity index (χ4v) is 5.44. The zero-order chi connectivity index (χ0) is 19.7. The van der Waals surface area contributed by atoms with Crippen molar-refractivity contribution in [1.82, 2.24) is 4.90 Å². The van der Waals surface area contributed by atoms with Crippen LogP contribution in [-0.4, -0.2) is 30.6 Å². The minimum absolute atomic E-state index is 0.295. The van der Waals surface area contributed by atoms with E-state index in [0.29, 0.717) is 12.1 Å². The summed E-state index contributed by atoms with van der Waals surface area (Å²) in [5.74, 6) is 0.845. The second kappa shape index (κ2) is 8.65. The molecule has 1 aliphatic carbocycles. The molecule has 2 aromatic carbocycles. The number of nitrogens with zero attached hydrogens (tertiary/aromatic N) is 2. The molecule has 4 rings (SSSR count). The molecule has 150 valence electrons. The minimum atomic E-state index is 0.295. The van der Waals surface area contributed by atoms with Crippen LogP contribution < -0.4 is 4.90 Å². The van der Waals surface area contributed by atoms with Gasteiger partial charge in [0.25, 0.3) is 0 Å². The van der Waals surface area contributed by atoms with Crippen molar-refractivity contribution in [2.75, 3.05) is 24.5 Å². The first kappa shape index (κ1) is 20.1. The van der Waals surface area contributed by atoms with Crippen molar-refractivity contribution in [2.24, 2.45) is 5.92 Å². The number of rotatable bonds is 3. The van der Waals surface area contributed by atoms with Gasteiger partial charge in [0.1, 0.15) is 0 Å². The molecule has 0 aromatic heterocycles. The van der Waals surface area contributed by atoms with Crippen LogP contribution in [0.5, 0.6) is 0 Å². The van der Waals surface area contributed by atoms with Crippen molar-refractivity contribution in [2.45, 2.75) is 51.6 Å². The average Bonchev–Trinajstić information content (AvgIpc) is 2.68. The molecule has 3 atom stereocenters. The topological polar surface area (TPSA) is 6.48 Å². The molecule has 0 amide bonds. The zero-order valence-electron chi connectivity index (χ0n) is 16.9. The standard InChI is InChI=1S/C24H30Cl2N2/c1-17-4-3-5-21(14-17)27-12-13-28(23-11-6-18(2)15-22(23)26)24(16-27)19-7-9-20(25)10-8-19/h6-11,15,17,21,24H,3-5,12-14,16H2,1-2H3. The highest BCUT2D eigenvalue weighted by atomic mass is 35.5. The summed E-state index contributed by atoms with van der Waals surface area (Å²) in [6, 6.07) is 15.8. The third-order valence-corrected chi connectivity index (χ3v) is 7.06. The molecule has 1 aliphatic heterocycles. The predicted octanol–water partition coefficient (Wildman–Crippen LogP) is 6.74. The van der Waals surface area contributed by atoms with Gasteiger partial charge in [-0.25, -0.2) is 0 Å². The second-order valence-electron chi connectivity index (χ2n) is 8.64. The molecule has 0 spiro atoms. The normalized spacial score (nSPS) is 26.4. The molecule has 0 radical (unpaired) electrons. The SMILES string of the molecule is Cc1ccc(N2CCN(C3CCCC(C)C3)CC2c2ccc(Cl)cc2)c(Cl)c1. The summed E-state index contributed by atoms with van der Waals surface area (Å²) in [4.78, 5) is 5.22. The van der Waals surface area contributed by atoms with E-state index in [4.69, 9.17) is 23.2 Å². The van der Waals surface area contributed by atoms with E-state index >= 15 is 0 Å². The maximum Gasteiger partial charge on any atom is 0.0670 e. The van der Waals surface area contributed by atoms with E-state index in [1.165, 1.54) is 36.8 Å². The van der Waals surface area contributed by atoms with Crippen LogP contribution in [0.25, 0.3) is 0 Å². The van der Waals surface area contributed by atoms with Crippen LogP contribution in [-0.2, 0) is 0 Å². The molecular formula is C24H30Cl2N2. The lowest BCUT2D eigenvalue weighted by Gasteiger charge is -2.47. The van der Waals surface area contributed by atoms with E-state index in [1.807, 2.05) is 12.1 Å². The van der Waals surface area contributed by atoms with E-state index in [1.54, 1.807) is 0 Å².